The first-order valence-electron chi connectivity index (χ1n) is 7.90. The van der Waals surface area contributed by atoms with Gasteiger partial charge in [-0.3, -0.25) is 9.78 Å². The van der Waals surface area contributed by atoms with Crippen LogP contribution in [-0.4, -0.2) is 34.9 Å². The van der Waals surface area contributed by atoms with Gasteiger partial charge in [0.05, 0.1) is 11.1 Å². The molecule has 0 bridgehead atoms. The molecule has 3 rings (SSSR count). The molecule has 2 aromatic rings. The van der Waals surface area contributed by atoms with Gasteiger partial charge in [0, 0.05) is 34.7 Å². The van der Waals surface area contributed by atoms with E-state index in [1.807, 2.05) is 36.1 Å². The summed E-state index contributed by atoms with van der Waals surface area (Å²) in [5.74, 6) is 0.0720. The molecule has 0 aliphatic carbocycles. The number of nitrogens with two attached hydrogens (primary N) is 1. The summed E-state index contributed by atoms with van der Waals surface area (Å²) in [7, 11) is 0. The fraction of sp³-hybridized carbons (Fsp3) is 0.444. The Labute approximate surface area is 145 Å². The van der Waals surface area contributed by atoms with E-state index in [1.165, 1.54) is 0 Å². The third-order valence-electron chi connectivity index (χ3n) is 4.73. The summed E-state index contributed by atoms with van der Waals surface area (Å²) in [6.07, 6.45) is 0.840. The molecule has 5 heteroatoms. The highest BCUT2D eigenvalue weighted by molar-refractivity contribution is 9.10. The lowest BCUT2D eigenvalue weighted by molar-refractivity contribution is 0.0534. The summed E-state index contributed by atoms with van der Waals surface area (Å²) in [6.45, 7) is 7.58. The van der Waals surface area contributed by atoms with E-state index in [4.69, 9.17) is 5.73 Å². The predicted octanol–water partition coefficient (Wildman–Crippen LogP) is 3.51. The van der Waals surface area contributed by atoms with Crippen LogP contribution in [0.15, 0.2) is 28.7 Å². The SMILES string of the molecule is Cc1cc(C(=O)N2CCC(N)C(C)(C)C2)c2ccc(Br)cc2n1. The van der Waals surface area contributed by atoms with Gasteiger partial charge >= 0.3 is 0 Å². The summed E-state index contributed by atoms with van der Waals surface area (Å²) < 4.78 is 0.964. The molecule has 1 aliphatic heterocycles. The Morgan fingerprint density at radius 2 is 2.13 bits per heavy atom. The molecule has 1 unspecified atom stereocenters. The van der Waals surface area contributed by atoms with Gasteiger partial charge < -0.3 is 10.6 Å². The van der Waals surface area contributed by atoms with Crippen molar-refractivity contribution in [3.8, 4) is 0 Å². The quantitative estimate of drug-likeness (QED) is 0.829. The van der Waals surface area contributed by atoms with Crippen LogP contribution in [0.3, 0.4) is 0 Å². The minimum absolute atomic E-state index is 0.0607. The predicted molar refractivity (Wildman–Crippen MR) is 96.5 cm³/mol. The van der Waals surface area contributed by atoms with Crippen LogP contribution >= 0.6 is 15.9 Å². The van der Waals surface area contributed by atoms with Gasteiger partial charge in [-0.25, -0.2) is 0 Å². The van der Waals surface area contributed by atoms with Gasteiger partial charge in [0.15, 0.2) is 0 Å². The lowest BCUT2D eigenvalue weighted by atomic mass is 9.79. The molecule has 1 fully saturated rings. The van der Waals surface area contributed by atoms with E-state index in [1.54, 1.807) is 0 Å². The molecular formula is C18H22BrN3O. The molecule has 1 amide bonds. The average Bonchev–Trinajstić information content (AvgIpc) is 2.48. The molecular weight excluding hydrogens is 354 g/mol. The topological polar surface area (TPSA) is 59.2 Å². The Bertz CT molecular complexity index is 767. The largest absolute Gasteiger partial charge is 0.338 e. The summed E-state index contributed by atoms with van der Waals surface area (Å²) in [5, 5.41) is 0.900. The summed E-state index contributed by atoms with van der Waals surface area (Å²) in [5.41, 5.74) is 8.56. The Kier molecular flexibility index (Phi) is 4.19. The smallest absolute Gasteiger partial charge is 0.254 e. The Morgan fingerprint density at radius 1 is 1.39 bits per heavy atom. The van der Waals surface area contributed by atoms with Crippen molar-refractivity contribution in [1.29, 1.82) is 0 Å². The second-order valence-corrected chi connectivity index (χ2v) is 8.00. The van der Waals surface area contributed by atoms with Crippen LogP contribution in [0.5, 0.6) is 0 Å². The molecule has 1 aliphatic rings. The van der Waals surface area contributed by atoms with Crippen molar-refractivity contribution in [3.05, 3.63) is 40.0 Å². The molecule has 0 radical (unpaired) electrons. The van der Waals surface area contributed by atoms with Crippen molar-refractivity contribution in [3.63, 3.8) is 0 Å². The molecule has 2 heterocycles. The number of hydrogen-bond acceptors (Lipinski definition) is 3. The van der Waals surface area contributed by atoms with Crippen molar-refractivity contribution in [1.82, 2.24) is 9.88 Å². The number of halogens is 1. The number of pyridine rings is 1. The highest BCUT2D eigenvalue weighted by Gasteiger charge is 2.36. The molecule has 1 aromatic heterocycles. The lowest BCUT2D eigenvalue weighted by Gasteiger charge is -2.42. The van der Waals surface area contributed by atoms with Gasteiger partial charge in [0.25, 0.3) is 5.91 Å². The number of rotatable bonds is 1. The molecule has 4 nitrogen and oxygen atoms in total. The van der Waals surface area contributed by atoms with Gasteiger partial charge in [0.2, 0.25) is 0 Å². The Hall–Kier alpha value is -1.46. The highest BCUT2D eigenvalue weighted by atomic mass is 79.9. The first-order valence-corrected chi connectivity index (χ1v) is 8.69. The molecule has 1 atom stereocenters. The fourth-order valence-corrected chi connectivity index (χ4v) is 3.58. The number of aryl methyl sites for hydroxylation is 1. The third kappa shape index (κ3) is 3.12. The number of fused-ring (bicyclic) bond motifs is 1. The van der Waals surface area contributed by atoms with E-state index < -0.39 is 0 Å². The zero-order chi connectivity index (χ0) is 16.8. The van der Waals surface area contributed by atoms with Crippen LogP contribution in [0.25, 0.3) is 10.9 Å². The summed E-state index contributed by atoms with van der Waals surface area (Å²) in [4.78, 5) is 19.6. The maximum absolute atomic E-state index is 13.1. The number of amides is 1. The van der Waals surface area contributed by atoms with E-state index in [-0.39, 0.29) is 17.4 Å². The van der Waals surface area contributed by atoms with Gasteiger partial charge in [-0.05, 0) is 37.0 Å². The molecule has 23 heavy (non-hydrogen) atoms. The highest BCUT2D eigenvalue weighted by Crippen LogP contribution is 2.30. The number of hydrogen-bond donors (Lipinski definition) is 1. The second-order valence-electron chi connectivity index (χ2n) is 7.08. The zero-order valence-corrected chi connectivity index (χ0v) is 15.4. The number of nitrogens with zero attached hydrogens (tertiary/aromatic N) is 2. The van der Waals surface area contributed by atoms with Crippen molar-refractivity contribution in [2.75, 3.05) is 13.1 Å². The van der Waals surface area contributed by atoms with Gasteiger partial charge in [-0.2, -0.15) is 0 Å². The Balaban J connectivity index is 2.01. The molecule has 0 saturated carbocycles. The molecule has 2 N–H and O–H groups in total. The monoisotopic (exact) mass is 375 g/mol. The van der Waals surface area contributed by atoms with Crippen molar-refractivity contribution in [2.45, 2.75) is 33.2 Å². The second kappa shape index (κ2) is 5.87. The van der Waals surface area contributed by atoms with Crippen molar-refractivity contribution < 1.29 is 4.79 Å². The van der Waals surface area contributed by atoms with Crippen LogP contribution in [0, 0.1) is 12.3 Å². The standard InChI is InChI=1S/C18H22BrN3O/c1-11-8-14(13-5-4-12(19)9-15(13)21-11)17(23)22-7-6-16(20)18(2,3)10-22/h4-5,8-9,16H,6-7,10,20H2,1-3H3. The normalized spacial score (nSPS) is 20.7. The Morgan fingerprint density at radius 3 is 2.83 bits per heavy atom. The van der Waals surface area contributed by atoms with Crippen LogP contribution < -0.4 is 5.73 Å². The molecule has 0 spiro atoms. The molecule has 1 aromatic carbocycles. The van der Waals surface area contributed by atoms with Crippen LogP contribution in [0.4, 0.5) is 0 Å². The van der Waals surface area contributed by atoms with Gasteiger partial charge in [0.1, 0.15) is 0 Å². The van der Waals surface area contributed by atoms with E-state index >= 15 is 0 Å². The maximum Gasteiger partial charge on any atom is 0.254 e. The van der Waals surface area contributed by atoms with Gasteiger partial charge in [-0.1, -0.05) is 35.8 Å². The number of carbonyl (C=O) groups excluding carboxylic acids is 1. The number of benzene rings is 1. The van der Waals surface area contributed by atoms with E-state index in [0.29, 0.717) is 13.1 Å². The van der Waals surface area contributed by atoms with Crippen LogP contribution in [0.2, 0.25) is 0 Å². The number of likely N-dealkylation sites (tertiary alicyclic amines) is 1. The van der Waals surface area contributed by atoms with Crippen LogP contribution in [0.1, 0.15) is 36.3 Å². The third-order valence-corrected chi connectivity index (χ3v) is 5.22. The summed E-state index contributed by atoms with van der Waals surface area (Å²) >= 11 is 3.47. The number of aromatic nitrogens is 1. The van der Waals surface area contributed by atoms with Crippen molar-refractivity contribution in [2.24, 2.45) is 11.1 Å². The molecule has 1 saturated heterocycles. The average molecular weight is 376 g/mol. The van der Waals surface area contributed by atoms with Crippen LogP contribution in [-0.2, 0) is 0 Å². The van der Waals surface area contributed by atoms with E-state index in [0.717, 1.165) is 33.1 Å². The fourth-order valence-electron chi connectivity index (χ4n) is 3.23. The lowest BCUT2D eigenvalue weighted by Crippen LogP contribution is -2.54. The zero-order valence-electron chi connectivity index (χ0n) is 13.8. The maximum atomic E-state index is 13.1. The number of carbonyl (C=O) groups is 1. The molecule has 122 valence electrons. The summed E-state index contributed by atoms with van der Waals surface area (Å²) in [6, 6.07) is 7.89. The first kappa shape index (κ1) is 16.4. The first-order chi connectivity index (χ1) is 10.8. The minimum Gasteiger partial charge on any atom is -0.338 e. The minimum atomic E-state index is -0.0607. The van der Waals surface area contributed by atoms with E-state index in [9.17, 15) is 4.79 Å². The van der Waals surface area contributed by atoms with Gasteiger partial charge in [-0.15, -0.1) is 0 Å². The number of piperidine rings is 1. The van der Waals surface area contributed by atoms with E-state index in [2.05, 4.69) is 34.8 Å². The van der Waals surface area contributed by atoms with Crippen molar-refractivity contribution >= 4 is 32.7 Å².